The van der Waals surface area contributed by atoms with Crippen LogP contribution in [0.5, 0.6) is 0 Å². The smallest absolute Gasteiger partial charge is 0.325 e. The van der Waals surface area contributed by atoms with Crippen LogP contribution in [0, 0.1) is 13.8 Å². The Morgan fingerprint density at radius 3 is 2.60 bits per heavy atom. The number of aromatic nitrogens is 1. The minimum Gasteiger partial charge on any atom is -0.390 e. The number of pyridine rings is 1. The van der Waals surface area contributed by atoms with E-state index in [1.54, 1.807) is 0 Å². The average molecular weight is 499 g/mol. The van der Waals surface area contributed by atoms with Gasteiger partial charge in [-0.25, -0.2) is 9.78 Å². The molecule has 188 valence electrons. The fraction of sp³-hybridized carbons (Fsp3) is 0.600. The lowest BCUT2D eigenvalue weighted by molar-refractivity contribution is -0.134. The van der Waals surface area contributed by atoms with Crippen LogP contribution in [0.2, 0.25) is 0 Å². The van der Waals surface area contributed by atoms with E-state index in [4.69, 9.17) is 5.73 Å². The Morgan fingerprint density at radius 1 is 1.23 bits per heavy atom. The number of nitrogens with two attached hydrogens (primary N) is 1. The maximum Gasteiger partial charge on any atom is 0.325 e. The third kappa shape index (κ3) is 3.96. The van der Waals surface area contributed by atoms with Crippen LogP contribution >= 0.6 is 11.3 Å². The largest absolute Gasteiger partial charge is 0.390 e. The standard InChI is InChI=1S/C25H34N6O3S/c1-14(2)31-23(33)25(28-24(31)34)8-5-9-30(13-25)17-6-10-29(11-7-17)22(32)19-18-12-15(3)16(4)27-21(18)35-20(19)26/h12,14,17H,5-11,13,26H2,1-4H3,(H,28,34). The van der Waals surface area contributed by atoms with Gasteiger partial charge < -0.3 is 16.0 Å². The first-order valence-corrected chi connectivity index (χ1v) is 13.3. The molecule has 10 heteroatoms. The second kappa shape index (κ2) is 8.74. The van der Waals surface area contributed by atoms with Crippen LogP contribution in [-0.2, 0) is 4.79 Å². The normalized spacial score (nSPS) is 24.3. The second-order valence-electron chi connectivity index (χ2n) is 10.5. The van der Waals surface area contributed by atoms with E-state index in [1.807, 2.05) is 38.7 Å². The maximum absolute atomic E-state index is 13.5. The van der Waals surface area contributed by atoms with Crippen molar-refractivity contribution in [2.45, 2.75) is 71.0 Å². The van der Waals surface area contributed by atoms with E-state index in [0.717, 1.165) is 47.3 Å². The van der Waals surface area contributed by atoms with E-state index in [0.29, 0.717) is 36.6 Å². The van der Waals surface area contributed by atoms with E-state index < -0.39 is 5.54 Å². The lowest BCUT2D eigenvalue weighted by Gasteiger charge is -2.45. The number of aryl methyl sites for hydroxylation is 2. The van der Waals surface area contributed by atoms with Crippen LogP contribution in [0.3, 0.4) is 0 Å². The molecule has 2 aromatic heterocycles. The Hall–Kier alpha value is -2.72. The van der Waals surface area contributed by atoms with Crippen LogP contribution in [0.15, 0.2) is 6.07 Å². The number of hydrogen-bond donors (Lipinski definition) is 2. The number of hydrogen-bond acceptors (Lipinski definition) is 7. The summed E-state index contributed by atoms with van der Waals surface area (Å²) in [5.41, 5.74) is 8.03. The van der Waals surface area contributed by atoms with Crippen molar-refractivity contribution in [3.05, 3.63) is 22.9 Å². The minimum atomic E-state index is -0.820. The summed E-state index contributed by atoms with van der Waals surface area (Å²) in [6, 6.07) is 1.85. The first-order chi connectivity index (χ1) is 16.6. The van der Waals surface area contributed by atoms with Gasteiger partial charge in [0, 0.05) is 42.8 Å². The molecule has 0 aliphatic carbocycles. The van der Waals surface area contributed by atoms with Crippen molar-refractivity contribution in [2.75, 3.05) is 31.9 Å². The third-order valence-electron chi connectivity index (χ3n) is 7.87. The lowest BCUT2D eigenvalue weighted by atomic mass is 9.86. The molecule has 2 aromatic rings. The number of nitrogen functional groups attached to an aromatic ring is 1. The summed E-state index contributed by atoms with van der Waals surface area (Å²) in [6.07, 6.45) is 3.19. The molecule has 4 amide bonds. The highest BCUT2D eigenvalue weighted by Gasteiger charge is 2.54. The molecule has 1 atom stereocenters. The van der Waals surface area contributed by atoms with Gasteiger partial charge in [0.05, 0.1) is 5.56 Å². The molecule has 9 nitrogen and oxygen atoms in total. The van der Waals surface area contributed by atoms with Crippen LogP contribution < -0.4 is 11.1 Å². The van der Waals surface area contributed by atoms with E-state index in [-0.39, 0.29) is 29.9 Å². The SMILES string of the molecule is Cc1cc2c(C(=O)N3CCC(N4CCCC5(C4)NC(=O)N(C(C)C)C5=O)CC3)c(N)sc2nc1C. The zero-order valence-corrected chi connectivity index (χ0v) is 21.7. The molecule has 0 radical (unpaired) electrons. The molecule has 1 spiro atoms. The minimum absolute atomic E-state index is 0.0295. The third-order valence-corrected chi connectivity index (χ3v) is 8.80. The highest BCUT2D eigenvalue weighted by molar-refractivity contribution is 7.22. The van der Waals surface area contributed by atoms with Crippen molar-refractivity contribution < 1.29 is 14.4 Å². The van der Waals surface area contributed by atoms with Gasteiger partial charge in [-0.15, -0.1) is 0 Å². The topological polar surface area (TPSA) is 112 Å². The Balaban J connectivity index is 1.27. The zero-order chi connectivity index (χ0) is 25.1. The summed E-state index contributed by atoms with van der Waals surface area (Å²) in [7, 11) is 0. The van der Waals surface area contributed by atoms with Crippen LogP contribution in [0.4, 0.5) is 9.80 Å². The molecule has 5 rings (SSSR count). The number of carbonyl (C=O) groups excluding carboxylic acids is 3. The van der Waals surface area contributed by atoms with Gasteiger partial charge in [0.1, 0.15) is 15.4 Å². The molecule has 0 saturated carbocycles. The van der Waals surface area contributed by atoms with E-state index in [1.165, 1.54) is 16.2 Å². The van der Waals surface area contributed by atoms with Crippen molar-refractivity contribution >= 4 is 44.4 Å². The molecular formula is C25H34N6O3S. The number of thiophene rings is 1. The summed E-state index contributed by atoms with van der Waals surface area (Å²) >= 11 is 1.37. The Bertz CT molecular complexity index is 1200. The summed E-state index contributed by atoms with van der Waals surface area (Å²) in [5.74, 6) is -0.132. The summed E-state index contributed by atoms with van der Waals surface area (Å²) in [4.78, 5) is 50.2. The quantitative estimate of drug-likeness (QED) is 0.630. The van der Waals surface area contributed by atoms with Crippen LogP contribution in [0.25, 0.3) is 10.2 Å². The van der Waals surface area contributed by atoms with Gasteiger partial charge in [0.15, 0.2) is 0 Å². The number of urea groups is 1. The number of nitrogens with one attached hydrogen (secondary N) is 1. The molecule has 0 bridgehead atoms. The first-order valence-electron chi connectivity index (χ1n) is 12.5. The molecule has 1 unspecified atom stereocenters. The monoisotopic (exact) mass is 498 g/mol. The highest BCUT2D eigenvalue weighted by Crippen LogP contribution is 2.36. The number of amides is 4. The fourth-order valence-electron chi connectivity index (χ4n) is 5.83. The van der Waals surface area contributed by atoms with E-state index in [9.17, 15) is 14.4 Å². The Kier molecular flexibility index (Phi) is 5.99. The number of imide groups is 1. The van der Waals surface area contributed by atoms with Crippen molar-refractivity contribution in [3.8, 4) is 0 Å². The summed E-state index contributed by atoms with van der Waals surface area (Å²) in [6.45, 7) is 10.4. The molecule has 3 aliphatic heterocycles. The molecule has 35 heavy (non-hydrogen) atoms. The number of carbonyl (C=O) groups is 3. The average Bonchev–Trinajstić information content (AvgIpc) is 3.25. The van der Waals surface area contributed by atoms with Crippen molar-refractivity contribution in [3.63, 3.8) is 0 Å². The Morgan fingerprint density at radius 2 is 1.94 bits per heavy atom. The van der Waals surface area contributed by atoms with Crippen LogP contribution in [0.1, 0.15) is 61.1 Å². The molecular weight excluding hydrogens is 464 g/mol. The maximum atomic E-state index is 13.5. The molecule has 3 fully saturated rings. The van der Waals surface area contributed by atoms with E-state index in [2.05, 4.69) is 15.2 Å². The highest BCUT2D eigenvalue weighted by atomic mass is 32.1. The number of nitrogens with zero attached hydrogens (tertiary/aromatic N) is 4. The number of fused-ring (bicyclic) bond motifs is 1. The number of piperidine rings is 2. The molecule has 3 N–H and O–H groups in total. The van der Waals surface area contributed by atoms with Gasteiger partial charge in [-0.3, -0.25) is 19.4 Å². The van der Waals surface area contributed by atoms with E-state index >= 15 is 0 Å². The zero-order valence-electron chi connectivity index (χ0n) is 20.9. The number of rotatable bonds is 3. The number of anilines is 1. The second-order valence-corrected chi connectivity index (χ2v) is 11.5. The van der Waals surface area contributed by atoms with Gasteiger partial charge in [0.2, 0.25) is 0 Å². The van der Waals surface area contributed by atoms with Gasteiger partial charge in [-0.2, -0.15) is 0 Å². The van der Waals surface area contributed by atoms with Crippen molar-refractivity contribution in [2.24, 2.45) is 0 Å². The summed E-state index contributed by atoms with van der Waals surface area (Å²) in [5, 5.41) is 4.37. The number of likely N-dealkylation sites (tertiary alicyclic amines) is 2. The first kappa shape index (κ1) is 24.0. The van der Waals surface area contributed by atoms with Crippen LogP contribution in [-0.4, -0.2) is 81.3 Å². The predicted octanol–water partition coefficient (Wildman–Crippen LogP) is 2.89. The van der Waals surface area contributed by atoms with Crippen molar-refractivity contribution in [1.29, 1.82) is 0 Å². The van der Waals surface area contributed by atoms with Crippen molar-refractivity contribution in [1.82, 2.24) is 25.0 Å². The van der Waals surface area contributed by atoms with Gasteiger partial charge >= 0.3 is 6.03 Å². The lowest BCUT2D eigenvalue weighted by Crippen LogP contribution is -2.61. The summed E-state index contributed by atoms with van der Waals surface area (Å²) < 4.78 is 0. The molecule has 0 aromatic carbocycles. The Labute approximate surface area is 209 Å². The molecule has 3 aliphatic rings. The van der Waals surface area contributed by atoms with Gasteiger partial charge in [-0.1, -0.05) is 11.3 Å². The van der Waals surface area contributed by atoms with Gasteiger partial charge in [0.25, 0.3) is 11.8 Å². The predicted molar refractivity (Wildman–Crippen MR) is 136 cm³/mol. The fourth-order valence-corrected chi connectivity index (χ4v) is 6.79. The van der Waals surface area contributed by atoms with Gasteiger partial charge in [-0.05, 0) is 71.6 Å². The molecule has 5 heterocycles. The molecule has 3 saturated heterocycles.